The molecule has 5 heteroatoms. The number of nitrogens with zero attached hydrogens (tertiary/aromatic N) is 2. The fourth-order valence-electron chi connectivity index (χ4n) is 2.82. The molecule has 1 aromatic rings. The molecule has 1 saturated carbocycles. The first-order valence-corrected chi connectivity index (χ1v) is 7.08. The first-order chi connectivity index (χ1) is 9.08. The van der Waals surface area contributed by atoms with Crippen LogP contribution in [0.1, 0.15) is 32.6 Å². The minimum Gasteiger partial charge on any atom is -0.312 e. The van der Waals surface area contributed by atoms with Gasteiger partial charge in [-0.25, -0.2) is 4.79 Å². The molecule has 0 radical (unpaired) electrons. The zero-order valence-electron chi connectivity index (χ0n) is 11.8. The lowest BCUT2D eigenvalue weighted by Crippen LogP contribution is -2.42. The van der Waals surface area contributed by atoms with Gasteiger partial charge in [0.15, 0.2) is 0 Å². The fourth-order valence-corrected chi connectivity index (χ4v) is 2.82. The fraction of sp³-hybridized carbons (Fsp3) is 0.714. The number of nitrogens with one attached hydrogen (secondary N) is 1. The Balaban J connectivity index is 1.91. The maximum atomic E-state index is 11.8. The van der Waals surface area contributed by atoms with E-state index >= 15 is 0 Å². The summed E-state index contributed by atoms with van der Waals surface area (Å²) in [6, 6.07) is 1.97. The molecule has 0 spiro atoms. The molecule has 1 heterocycles. The van der Waals surface area contributed by atoms with Gasteiger partial charge in [0.05, 0.1) is 0 Å². The average molecular weight is 265 g/mol. The van der Waals surface area contributed by atoms with Crippen LogP contribution in [-0.4, -0.2) is 21.7 Å². The Labute approximate surface area is 113 Å². The molecule has 1 N–H and O–H groups in total. The van der Waals surface area contributed by atoms with Gasteiger partial charge in [-0.2, -0.15) is 0 Å². The van der Waals surface area contributed by atoms with Gasteiger partial charge >= 0.3 is 5.69 Å². The van der Waals surface area contributed by atoms with Gasteiger partial charge in [-0.1, -0.05) is 19.8 Å². The minimum atomic E-state index is -0.244. The van der Waals surface area contributed by atoms with Crippen LogP contribution in [-0.2, 0) is 13.6 Å². The Morgan fingerprint density at radius 1 is 1.37 bits per heavy atom. The first kappa shape index (κ1) is 14.1. The molecule has 1 aromatic heterocycles. The molecule has 5 nitrogen and oxygen atoms in total. The Morgan fingerprint density at radius 2 is 2.16 bits per heavy atom. The summed E-state index contributed by atoms with van der Waals surface area (Å²) in [4.78, 5) is 23.5. The van der Waals surface area contributed by atoms with Gasteiger partial charge in [-0.3, -0.25) is 9.36 Å². The molecule has 2 rings (SSSR count). The van der Waals surface area contributed by atoms with Crippen LogP contribution in [0.2, 0.25) is 0 Å². The van der Waals surface area contributed by atoms with Crippen LogP contribution in [0.4, 0.5) is 0 Å². The second-order valence-corrected chi connectivity index (χ2v) is 5.62. The van der Waals surface area contributed by atoms with E-state index in [4.69, 9.17) is 0 Å². The van der Waals surface area contributed by atoms with E-state index in [1.807, 2.05) is 0 Å². The number of hydrogen-bond donors (Lipinski definition) is 1. The quantitative estimate of drug-likeness (QED) is 0.872. The highest BCUT2D eigenvalue weighted by Gasteiger charge is 2.17. The second kappa shape index (κ2) is 6.19. The van der Waals surface area contributed by atoms with Gasteiger partial charge in [0, 0.05) is 38.4 Å². The second-order valence-electron chi connectivity index (χ2n) is 5.62. The third-order valence-corrected chi connectivity index (χ3v) is 3.94. The molecule has 1 fully saturated rings. The molecule has 2 atom stereocenters. The molecule has 1 aliphatic rings. The highest BCUT2D eigenvalue weighted by atomic mass is 16.2. The number of aryl methyl sites for hydroxylation is 1. The van der Waals surface area contributed by atoms with Crippen LogP contribution in [0.5, 0.6) is 0 Å². The van der Waals surface area contributed by atoms with Crippen LogP contribution in [0.3, 0.4) is 0 Å². The van der Waals surface area contributed by atoms with Gasteiger partial charge in [0.2, 0.25) is 0 Å². The lowest BCUT2D eigenvalue weighted by Gasteiger charge is -2.27. The highest BCUT2D eigenvalue weighted by Crippen LogP contribution is 2.23. The van der Waals surface area contributed by atoms with Crippen molar-refractivity contribution >= 4 is 0 Å². The Bertz CT molecular complexity index is 532. The Kier molecular flexibility index (Phi) is 4.58. The van der Waals surface area contributed by atoms with E-state index in [1.54, 1.807) is 7.05 Å². The Morgan fingerprint density at radius 3 is 2.89 bits per heavy atom. The van der Waals surface area contributed by atoms with Crippen LogP contribution < -0.4 is 16.6 Å². The summed E-state index contributed by atoms with van der Waals surface area (Å²) in [5, 5.41) is 3.47. The molecule has 0 aliphatic heterocycles. The van der Waals surface area contributed by atoms with Crippen molar-refractivity contribution in [2.24, 2.45) is 13.0 Å². The summed E-state index contributed by atoms with van der Waals surface area (Å²) >= 11 is 0. The van der Waals surface area contributed by atoms with Gasteiger partial charge in [-0.15, -0.1) is 0 Å². The van der Waals surface area contributed by atoms with Crippen molar-refractivity contribution in [2.45, 2.75) is 45.2 Å². The molecule has 1 aliphatic carbocycles. The van der Waals surface area contributed by atoms with Gasteiger partial charge in [0.1, 0.15) is 0 Å². The maximum absolute atomic E-state index is 11.8. The third-order valence-electron chi connectivity index (χ3n) is 3.94. The first-order valence-electron chi connectivity index (χ1n) is 7.08. The zero-order chi connectivity index (χ0) is 13.8. The Hall–Kier alpha value is -1.36. The summed E-state index contributed by atoms with van der Waals surface area (Å²) in [7, 11) is 1.66. The maximum Gasteiger partial charge on any atom is 0.330 e. The number of hydrogen-bond acceptors (Lipinski definition) is 3. The van der Waals surface area contributed by atoms with Crippen molar-refractivity contribution in [1.82, 2.24) is 14.5 Å². The predicted octanol–water partition coefficient (Wildman–Crippen LogP) is 0.715. The smallest absolute Gasteiger partial charge is 0.312 e. The predicted molar refractivity (Wildman–Crippen MR) is 75.4 cm³/mol. The normalized spacial score (nSPS) is 23.5. The van der Waals surface area contributed by atoms with Crippen molar-refractivity contribution in [2.75, 3.05) is 6.54 Å². The molecule has 0 bridgehead atoms. The van der Waals surface area contributed by atoms with Gasteiger partial charge in [-0.05, 0) is 18.8 Å². The molecule has 0 amide bonds. The molecular weight excluding hydrogens is 242 g/mol. The summed E-state index contributed by atoms with van der Waals surface area (Å²) in [6.45, 7) is 3.40. The molecule has 2 unspecified atom stereocenters. The lowest BCUT2D eigenvalue weighted by molar-refractivity contribution is 0.298. The van der Waals surface area contributed by atoms with Crippen molar-refractivity contribution in [1.29, 1.82) is 0 Å². The summed E-state index contributed by atoms with van der Waals surface area (Å²) < 4.78 is 2.73. The SMILES string of the molecule is CC1CCCC(NCCn2c(=O)ccn(C)c2=O)C1. The van der Waals surface area contributed by atoms with E-state index in [0.717, 1.165) is 5.92 Å². The standard InChI is InChI=1S/C14H23N3O2/c1-11-4-3-5-12(10-11)15-7-9-17-13(18)6-8-16(2)14(17)19/h6,8,11-12,15H,3-5,7,9-10H2,1-2H3. The van der Waals surface area contributed by atoms with E-state index in [1.165, 1.54) is 47.1 Å². The van der Waals surface area contributed by atoms with Crippen LogP contribution in [0.15, 0.2) is 21.9 Å². The average Bonchev–Trinajstić information content (AvgIpc) is 2.38. The molecule has 106 valence electrons. The third kappa shape index (κ3) is 3.56. The van der Waals surface area contributed by atoms with Crippen molar-refractivity contribution in [3.63, 3.8) is 0 Å². The van der Waals surface area contributed by atoms with E-state index in [2.05, 4.69) is 12.2 Å². The molecule has 0 saturated heterocycles. The number of rotatable bonds is 4. The summed E-state index contributed by atoms with van der Waals surface area (Å²) in [6.07, 6.45) is 6.49. The summed E-state index contributed by atoms with van der Waals surface area (Å²) in [5.74, 6) is 0.776. The molecular formula is C14H23N3O2. The minimum absolute atomic E-state index is 0.220. The van der Waals surface area contributed by atoms with Crippen molar-refractivity contribution in [3.8, 4) is 0 Å². The van der Waals surface area contributed by atoms with E-state index in [9.17, 15) is 9.59 Å². The highest BCUT2D eigenvalue weighted by molar-refractivity contribution is 4.85. The van der Waals surface area contributed by atoms with Crippen LogP contribution >= 0.6 is 0 Å². The number of aromatic nitrogens is 2. The van der Waals surface area contributed by atoms with Gasteiger partial charge < -0.3 is 9.88 Å². The topological polar surface area (TPSA) is 56.0 Å². The zero-order valence-corrected chi connectivity index (χ0v) is 11.8. The molecule has 19 heavy (non-hydrogen) atoms. The van der Waals surface area contributed by atoms with Crippen molar-refractivity contribution in [3.05, 3.63) is 33.1 Å². The van der Waals surface area contributed by atoms with E-state index in [0.29, 0.717) is 19.1 Å². The van der Waals surface area contributed by atoms with E-state index in [-0.39, 0.29) is 11.2 Å². The van der Waals surface area contributed by atoms with Crippen molar-refractivity contribution < 1.29 is 0 Å². The summed E-state index contributed by atoms with van der Waals surface area (Å²) in [5.41, 5.74) is -0.465. The van der Waals surface area contributed by atoms with Crippen LogP contribution in [0.25, 0.3) is 0 Å². The lowest BCUT2D eigenvalue weighted by atomic mass is 9.87. The molecule has 0 aromatic carbocycles. The largest absolute Gasteiger partial charge is 0.330 e. The van der Waals surface area contributed by atoms with Crippen LogP contribution in [0, 0.1) is 5.92 Å². The van der Waals surface area contributed by atoms with E-state index < -0.39 is 0 Å². The van der Waals surface area contributed by atoms with Gasteiger partial charge in [0.25, 0.3) is 5.56 Å². The monoisotopic (exact) mass is 265 g/mol.